The van der Waals surface area contributed by atoms with Crippen LogP contribution in [0.4, 0.5) is 21.1 Å². The van der Waals surface area contributed by atoms with E-state index in [-0.39, 0.29) is 11.7 Å². The van der Waals surface area contributed by atoms with Gasteiger partial charge in [0.1, 0.15) is 11.4 Å². The molecule has 3 aromatic rings. The molecule has 1 spiro atoms. The molecule has 34 heavy (non-hydrogen) atoms. The first-order valence-corrected chi connectivity index (χ1v) is 10.8. The second kappa shape index (κ2) is 6.96. The van der Waals surface area contributed by atoms with Gasteiger partial charge < -0.3 is 20.3 Å². The Bertz CT molecular complexity index is 1390. The molecule has 2 atom stereocenters. The molecule has 10 heteroatoms. The zero-order chi connectivity index (χ0) is 24.6. The molecule has 2 aliphatic rings. The van der Waals surface area contributed by atoms with Crippen molar-refractivity contribution < 1.29 is 29.0 Å². The summed E-state index contributed by atoms with van der Waals surface area (Å²) in [6.45, 7) is 5.26. The van der Waals surface area contributed by atoms with Gasteiger partial charge in [0, 0.05) is 11.3 Å². The van der Waals surface area contributed by atoms with E-state index in [4.69, 9.17) is 15.2 Å². The van der Waals surface area contributed by atoms with Gasteiger partial charge in [-0.1, -0.05) is 6.07 Å². The summed E-state index contributed by atoms with van der Waals surface area (Å²) in [7, 11) is 1.51. The van der Waals surface area contributed by atoms with Crippen molar-refractivity contribution in [2.75, 3.05) is 17.7 Å². The second-order valence-electron chi connectivity index (χ2n) is 9.59. The Balaban J connectivity index is 1.59. The zero-order valence-corrected chi connectivity index (χ0v) is 19.2. The fourth-order valence-electron chi connectivity index (χ4n) is 4.82. The van der Waals surface area contributed by atoms with Crippen molar-refractivity contribution >= 4 is 40.5 Å². The third-order valence-corrected chi connectivity index (χ3v) is 6.36. The van der Waals surface area contributed by atoms with Gasteiger partial charge in [0.15, 0.2) is 5.82 Å². The number of methoxy groups -OCH3 is 1. The molecule has 0 unspecified atom stereocenters. The average molecular weight is 464 g/mol. The molecule has 1 aliphatic heterocycles. The summed E-state index contributed by atoms with van der Waals surface area (Å²) in [5.74, 6) is -0.0617. The third-order valence-electron chi connectivity index (χ3n) is 6.36. The van der Waals surface area contributed by atoms with E-state index in [0.29, 0.717) is 34.3 Å². The number of rotatable bonds is 2. The molecule has 0 bridgehead atoms. The fraction of sp³-hybridized carbons (Fsp3) is 0.333. The maximum Gasteiger partial charge on any atom is 0.435 e. The molecule has 2 amide bonds. The van der Waals surface area contributed by atoms with Crippen molar-refractivity contribution in [3.63, 3.8) is 0 Å². The number of nitrogen functional groups attached to an aromatic ring is 1. The van der Waals surface area contributed by atoms with E-state index < -0.39 is 29.1 Å². The number of benzene rings is 2. The first kappa shape index (κ1) is 21.7. The van der Waals surface area contributed by atoms with Crippen LogP contribution in [0.1, 0.15) is 44.2 Å². The van der Waals surface area contributed by atoms with E-state index in [2.05, 4.69) is 5.10 Å². The highest BCUT2D eigenvalue weighted by Crippen LogP contribution is 2.66. The Kier molecular flexibility index (Phi) is 4.45. The number of carbonyl (C=O) groups is 3. The van der Waals surface area contributed by atoms with Crippen LogP contribution in [0, 0.1) is 0 Å². The van der Waals surface area contributed by atoms with Crippen LogP contribution >= 0.6 is 0 Å². The summed E-state index contributed by atoms with van der Waals surface area (Å²) >= 11 is 0. The van der Waals surface area contributed by atoms with E-state index in [9.17, 15) is 19.5 Å². The van der Waals surface area contributed by atoms with Crippen molar-refractivity contribution in [1.29, 1.82) is 0 Å². The third kappa shape index (κ3) is 3.01. The Morgan fingerprint density at radius 2 is 1.94 bits per heavy atom. The largest absolute Gasteiger partial charge is 0.497 e. The predicted octanol–water partition coefficient (Wildman–Crippen LogP) is 3.86. The molecule has 0 saturated heterocycles. The number of ether oxygens (including phenoxy) is 2. The molecule has 5 rings (SSSR count). The Labute approximate surface area is 194 Å². The van der Waals surface area contributed by atoms with Crippen LogP contribution in [0.15, 0.2) is 36.4 Å². The van der Waals surface area contributed by atoms with E-state index in [1.54, 1.807) is 51.1 Å². The summed E-state index contributed by atoms with van der Waals surface area (Å²) < 4.78 is 11.9. The maximum atomic E-state index is 13.4. The highest BCUT2D eigenvalue weighted by Gasteiger charge is 2.68. The second-order valence-corrected chi connectivity index (χ2v) is 9.59. The summed E-state index contributed by atoms with van der Waals surface area (Å²) in [6.07, 6.45) is -1.57. The Morgan fingerprint density at radius 1 is 1.21 bits per heavy atom. The van der Waals surface area contributed by atoms with Gasteiger partial charge in [0.25, 0.3) is 0 Å². The van der Waals surface area contributed by atoms with Gasteiger partial charge in [0.05, 0.1) is 23.7 Å². The average Bonchev–Trinajstić information content (AvgIpc) is 3.36. The van der Waals surface area contributed by atoms with Crippen LogP contribution in [0.25, 0.3) is 10.9 Å². The van der Waals surface area contributed by atoms with Crippen LogP contribution in [0.5, 0.6) is 5.75 Å². The first-order valence-electron chi connectivity index (χ1n) is 10.8. The molecule has 0 radical (unpaired) electrons. The van der Waals surface area contributed by atoms with Crippen molar-refractivity contribution in [2.24, 2.45) is 0 Å². The number of anilines is 2. The van der Waals surface area contributed by atoms with E-state index in [1.807, 2.05) is 6.07 Å². The number of nitrogens with zero attached hydrogens (tertiary/aromatic N) is 3. The summed E-state index contributed by atoms with van der Waals surface area (Å²) in [5, 5.41) is 14.4. The van der Waals surface area contributed by atoms with Crippen molar-refractivity contribution in [3.05, 3.63) is 47.5 Å². The van der Waals surface area contributed by atoms with Gasteiger partial charge in [0.2, 0.25) is 5.91 Å². The normalized spacial score (nSPS) is 21.1. The molecule has 1 fully saturated rings. The van der Waals surface area contributed by atoms with Gasteiger partial charge in [-0.15, -0.1) is 5.10 Å². The van der Waals surface area contributed by atoms with Crippen LogP contribution in [-0.4, -0.2) is 45.7 Å². The smallest absolute Gasteiger partial charge is 0.435 e. The minimum atomic E-state index is -1.33. The molecule has 176 valence electrons. The molecule has 3 N–H and O–H groups in total. The Morgan fingerprint density at radius 3 is 2.59 bits per heavy atom. The number of carboxylic acid groups (broad SMARTS) is 1. The molecule has 1 aromatic heterocycles. The van der Waals surface area contributed by atoms with Crippen molar-refractivity contribution in [3.8, 4) is 5.75 Å². The highest BCUT2D eigenvalue weighted by atomic mass is 16.6. The minimum absolute atomic E-state index is 0.182. The standard InChI is InChI=1S/C24H24N4O6/c1-23(2,3)34-22(32)28-18-9-12(5-7-14(18)19(25)26-28)16-11-24(16)15-10-13(33-4)6-8-17(15)27(20(24)29)21(30)31/h5-10,16H,11H2,1-4H3,(H2,25,26)(H,30,31)/t16-,24-/m0/s1. The number of amides is 2. The lowest BCUT2D eigenvalue weighted by Gasteiger charge is -2.19. The van der Waals surface area contributed by atoms with Crippen molar-refractivity contribution in [1.82, 2.24) is 9.78 Å². The number of imide groups is 1. The van der Waals surface area contributed by atoms with Crippen LogP contribution < -0.4 is 15.4 Å². The predicted molar refractivity (Wildman–Crippen MR) is 123 cm³/mol. The quantitative estimate of drug-likeness (QED) is 0.583. The molecule has 1 saturated carbocycles. The van der Waals surface area contributed by atoms with Crippen LogP contribution in [-0.2, 0) is 14.9 Å². The molecule has 2 heterocycles. The number of fused-ring (bicyclic) bond motifs is 3. The minimum Gasteiger partial charge on any atom is -0.497 e. The molecular weight excluding hydrogens is 440 g/mol. The van der Waals surface area contributed by atoms with Crippen molar-refractivity contribution in [2.45, 2.75) is 44.1 Å². The van der Waals surface area contributed by atoms with Gasteiger partial charge >= 0.3 is 12.2 Å². The maximum absolute atomic E-state index is 13.4. The number of carbonyl (C=O) groups excluding carboxylic acids is 2. The van der Waals surface area contributed by atoms with Gasteiger partial charge in [-0.05, 0) is 68.7 Å². The van der Waals surface area contributed by atoms with Gasteiger partial charge in [-0.25, -0.2) is 14.5 Å². The van der Waals surface area contributed by atoms with Crippen LogP contribution in [0.3, 0.4) is 0 Å². The van der Waals surface area contributed by atoms with Gasteiger partial charge in [-0.2, -0.15) is 4.68 Å². The van der Waals surface area contributed by atoms with Crippen LogP contribution in [0.2, 0.25) is 0 Å². The lowest BCUT2D eigenvalue weighted by molar-refractivity contribution is -0.119. The number of hydrogen-bond donors (Lipinski definition) is 2. The highest BCUT2D eigenvalue weighted by molar-refractivity contribution is 6.22. The molecule has 2 aromatic carbocycles. The number of nitrogens with two attached hydrogens (primary N) is 1. The summed E-state index contributed by atoms with van der Waals surface area (Å²) in [6, 6.07) is 10.3. The Hall–Kier alpha value is -4.08. The lowest BCUT2D eigenvalue weighted by Crippen LogP contribution is -2.36. The molecular formula is C24H24N4O6. The van der Waals surface area contributed by atoms with E-state index in [1.165, 1.54) is 7.11 Å². The van der Waals surface area contributed by atoms with E-state index >= 15 is 0 Å². The molecule has 1 aliphatic carbocycles. The summed E-state index contributed by atoms with van der Waals surface area (Å²) in [4.78, 5) is 38.8. The number of aromatic nitrogens is 2. The monoisotopic (exact) mass is 464 g/mol. The first-order chi connectivity index (χ1) is 16.0. The molecule has 10 nitrogen and oxygen atoms in total. The SMILES string of the molecule is COc1ccc2c(c1)[C@]1(C[C@H]1c1ccc3c(N)nn(C(=O)OC(C)(C)C)c3c1)C(=O)N2C(=O)O. The lowest BCUT2D eigenvalue weighted by atomic mass is 9.91. The fourth-order valence-corrected chi connectivity index (χ4v) is 4.82. The van der Waals surface area contributed by atoms with E-state index in [0.717, 1.165) is 15.1 Å². The zero-order valence-electron chi connectivity index (χ0n) is 19.2. The number of hydrogen-bond acceptors (Lipinski definition) is 7. The summed E-state index contributed by atoms with van der Waals surface area (Å²) in [5.41, 5.74) is 6.47. The topological polar surface area (TPSA) is 137 Å². The van der Waals surface area contributed by atoms with Gasteiger partial charge in [-0.3, -0.25) is 4.79 Å².